The van der Waals surface area contributed by atoms with Crippen molar-refractivity contribution in [1.82, 2.24) is 15.2 Å². The second-order valence-electron chi connectivity index (χ2n) is 5.53. The lowest BCUT2D eigenvalue weighted by Crippen LogP contribution is -2.46. The van der Waals surface area contributed by atoms with Crippen molar-refractivity contribution < 1.29 is 0 Å². The third kappa shape index (κ3) is 4.04. The van der Waals surface area contributed by atoms with Crippen LogP contribution in [0.4, 0.5) is 0 Å². The fourth-order valence-electron chi connectivity index (χ4n) is 2.55. The number of piperidine rings is 1. The van der Waals surface area contributed by atoms with E-state index in [1.165, 1.54) is 35.7 Å². The standard InChI is InChI=1S/C14H25N3S/c1-11(2)15-8-13-6-4-5-7-17(13)10-14-9-16-12(3)18-14/h9,11,13,15H,4-8,10H2,1-3H3. The molecule has 3 nitrogen and oxygen atoms in total. The number of nitrogens with zero attached hydrogens (tertiary/aromatic N) is 2. The Morgan fingerprint density at radius 1 is 1.50 bits per heavy atom. The van der Waals surface area contributed by atoms with Gasteiger partial charge >= 0.3 is 0 Å². The van der Waals surface area contributed by atoms with Crippen LogP contribution in [0.15, 0.2) is 6.20 Å². The van der Waals surface area contributed by atoms with Crippen molar-refractivity contribution in [2.24, 2.45) is 0 Å². The van der Waals surface area contributed by atoms with E-state index in [4.69, 9.17) is 0 Å². The number of likely N-dealkylation sites (tertiary alicyclic amines) is 1. The van der Waals surface area contributed by atoms with Crippen LogP contribution in [-0.4, -0.2) is 35.1 Å². The fourth-order valence-corrected chi connectivity index (χ4v) is 3.37. The average molecular weight is 267 g/mol. The van der Waals surface area contributed by atoms with E-state index in [1.807, 2.05) is 17.5 Å². The smallest absolute Gasteiger partial charge is 0.0897 e. The number of hydrogen-bond donors (Lipinski definition) is 1. The van der Waals surface area contributed by atoms with Gasteiger partial charge in [0.15, 0.2) is 0 Å². The predicted molar refractivity (Wildman–Crippen MR) is 78.0 cm³/mol. The molecule has 1 unspecified atom stereocenters. The van der Waals surface area contributed by atoms with Crippen molar-refractivity contribution in [3.05, 3.63) is 16.1 Å². The van der Waals surface area contributed by atoms with Crippen LogP contribution in [-0.2, 0) is 6.54 Å². The first-order chi connectivity index (χ1) is 8.65. The molecule has 2 heterocycles. The Labute approximate surface area is 115 Å². The van der Waals surface area contributed by atoms with Crippen molar-refractivity contribution in [2.75, 3.05) is 13.1 Å². The summed E-state index contributed by atoms with van der Waals surface area (Å²) >= 11 is 1.83. The van der Waals surface area contributed by atoms with Gasteiger partial charge in [0.1, 0.15) is 0 Å². The highest BCUT2D eigenvalue weighted by molar-refractivity contribution is 7.11. The molecular formula is C14H25N3S. The Kier molecular flexibility index (Phi) is 5.15. The van der Waals surface area contributed by atoms with Gasteiger partial charge < -0.3 is 5.32 Å². The Balaban J connectivity index is 1.90. The van der Waals surface area contributed by atoms with Gasteiger partial charge in [0.25, 0.3) is 0 Å². The molecule has 1 aliphatic rings. The zero-order chi connectivity index (χ0) is 13.0. The van der Waals surface area contributed by atoms with Gasteiger partial charge in [-0.2, -0.15) is 0 Å². The van der Waals surface area contributed by atoms with Gasteiger partial charge in [-0.25, -0.2) is 4.98 Å². The van der Waals surface area contributed by atoms with Crippen LogP contribution in [0.3, 0.4) is 0 Å². The van der Waals surface area contributed by atoms with Crippen molar-refractivity contribution in [3.63, 3.8) is 0 Å². The summed E-state index contributed by atoms with van der Waals surface area (Å²) in [5, 5.41) is 4.76. The molecule has 18 heavy (non-hydrogen) atoms. The second-order valence-corrected chi connectivity index (χ2v) is 6.85. The summed E-state index contributed by atoms with van der Waals surface area (Å²) in [5.41, 5.74) is 0. The van der Waals surface area contributed by atoms with Crippen LogP contribution in [0.5, 0.6) is 0 Å². The quantitative estimate of drug-likeness (QED) is 0.889. The molecule has 2 rings (SSSR count). The molecule has 0 bridgehead atoms. The first-order valence-corrected chi connectivity index (χ1v) is 7.85. The van der Waals surface area contributed by atoms with Gasteiger partial charge in [0.2, 0.25) is 0 Å². The molecule has 0 aliphatic carbocycles. The summed E-state index contributed by atoms with van der Waals surface area (Å²) in [7, 11) is 0. The number of rotatable bonds is 5. The van der Waals surface area contributed by atoms with E-state index in [-0.39, 0.29) is 0 Å². The van der Waals surface area contributed by atoms with Crippen LogP contribution in [0.25, 0.3) is 0 Å². The summed E-state index contributed by atoms with van der Waals surface area (Å²) in [6.45, 7) is 9.97. The molecule has 1 N–H and O–H groups in total. The first kappa shape index (κ1) is 14.0. The van der Waals surface area contributed by atoms with E-state index < -0.39 is 0 Å². The molecule has 4 heteroatoms. The Bertz CT molecular complexity index is 362. The maximum absolute atomic E-state index is 4.36. The molecule has 1 atom stereocenters. The van der Waals surface area contributed by atoms with Crippen LogP contribution in [0.1, 0.15) is 43.0 Å². The van der Waals surface area contributed by atoms with Crippen molar-refractivity contribution >= 4 is 11.3 Å². The Hall–Kier alpha value is -0.450. The van der Waals surface area contributed by atoms with E-state index in [0.29, 0.717) is 12.1 Å². The molecule has 0 spiro atoms. The maximum atomic E-state index is 4.36. The molecule has 1 saturated heterocycles. The van der Waals surface area contributed by atoms with Crippen molar-refractivity contribution in [2.45, 2.75) is 58.7 Å². The predicted octanol–water partition coefficient (Wildman–Crippen LogP) is 2.80. The molecule has 102 valence electrons. The second kappa shape index (κ2) is 6.64. The highest BCUT2D eigenvalue weighted by Crippen LogP contribution is 2.21. The minimum atomic E-state index is 0.583. The highest BCUT2D eigenvalue weighted by atomic mass is 32.1. The zero-order valence-electron chi connectivity index (χ0n) is 11.8. The summed E-state index contributed by atoms with van der Waals surface area (Å²) in [5.74, 6) is 0. The lowest BCUT2D eigenvalue weighted by atomic mass is 10.0. The molecule has 1 fully saturated rings. The third-order valence-electron chi connectivity index (χ3n) is 3.54. The minimum Gasteiger partial charge on any atom is -0.313 e. The molecule has 0 saturated carbocycles. The molecule has 0 aromatic carbocycles. The molecule has 1 aliphatic heterocycles. The van der Waals surface area contributed by atoms with Gasteiger partial charge in [0, 0.05) is 36.2 Å². The number of thiazole rings is 1. The summed E-state index contributed by atoms with van der Waals surface area (Å²) < 4.78 is 0. The number of hydrogen-bond acceptors (Lipinski definition) is 4. The van der Waals surface area contributed by atoms with E-state index in [0.717, 1.165) is 13.1 Å². The Morgan fingerprint density at radius 2 is 2.33 bits per heavy atom. The lowest BCUT2D eigenvalue weighted by Gasteiger charge is -2.36. The van der Waals surface area contributed by atoms with Crippen LogP contribution < -0.4 is 5.32 Å². The number of aromatic nitrogens is 1. The first-order valence-electron chi connectivity index (χ1n) is 7.04. The third-order valence-corrected chi connectivity index (χ3v) is 4.44. The topological polar surface area (TPSA) is 28.2 Å². The lowest BCUT2D eigenvalue weighted by molar-refractivity contribution is 0.137. The number of nitrogens with one attached hydrogen (secondary N) is 1. The van der Waals surface area contributed by atoms with Crippen LogP contribution in [0, 0.1) is 6.92 Å². The summed E-state index contributed by atoms with van der Waals surface area (Å²) in [4.78, 5) is 8.39. The normalized spacial score (nSPS) is 21.7. The zero-order valence-corrected chi connectivity index (χ0v) is 12.6. The van der Waals surface area contributed by atoms with Gasteiger partial charge in [-0.15, -0.1) is 11.3 Å². The van der Waals surface area contributed by atoms with Gasteiger partial charge in [-0.3, -0.25) is 4.90 Å². The fraction of sp³-hybridized carbons (Fsp3) is 0.786. The van der Waals surface area contributed by atoms with Crippen molar-refractivity contribution in [1.29, 1.82) is 0 Å². The largest absolute Gasteiger partial charge is 0.313 e. The van der Waals surface area contributed by atoms with E-state index in [9.17, 15) is 0 Å². The molecule has 1 aromatic heterocycles. The molecule has 1 aromatic rings. The number of aryl methyl sites for hydroxylation is 1. The van der Waals surface area contributed by atoms with Crippen molar-refractivity contribution in [3.8, 4) is 0 Å². The minimum absolute atomic E-state index is 0.583. The molecule has 0 amide bonds. The van der Waals surface area contributed by atoms with Gasteiger partial charge in [-0.1, -0.05) is 20.3 Å². The van der Waals surface area contributed by atoms with E-state index in [2.05, 4.69) is 36.0 Å². The summed E-state index contributed by atoms with van der Waals surface area (Å²) in [6.07, 6.45) is 6.09. The van der Waals surface area contributed by atoms with Gasteiger partial charge in [0.05, 0.1) is 5.01 Å². The van der Waals surface area contributed by atoms with Gasteiger partial charge in [-0.05, 0) is 26.3 Å². The SMILES string of the molecule is Cc1ncc(CN2CCCCC2CNC(C)C)s1. The molecule has 0 radical (unpaired) electrons. The summed E-state index contributed by atoms with van der Waals surface area (Å²) in [6, 6.07) is 1.28. The molecular weight excluding hydrogens is 242 g/mol. The monoisotopic (exact) mass is 267 g/mol. The van der Waals surface area contributed by atoms with Crippen LogP contribution >= 0.6 is 11.3 Å². The van der Waals surface area contributed by atoms with Crippen LogP contribution in [0.2, 0.25) is 0 Å². The highest BCUT2D eigenvalue weighted by Gasteiger charge is 2.22. The average Bonchev–Trinajstić information content (AvgIpc) is 2.73. The Morgan fingerprint density at radius 3 is 3.00 bits per heavy atom. The van der Waals surface area contributed by atoms with E-state index >= 15 is 0 Å². The maximum Gasteiger partial charge on any atom is 0.0897 e. The van der Waals surface area contributed by atoms with E-state index in [1.54, 1.807) is 0 Å².